The Balaban J connectivity index is 0.000000243. The molecule has 0 saturated carbocycles. The van der Waals surface area contributed by atoms with Crippen LogP contribution < -0.4 is 0 Å². The molecule has 1 aromatic carbocycles. The Hall–Kier alpha value is -2.95. The molecular weight excluding hydrogens is 675 g/mol. The van der Waals surface area contributed by atoms with Crippen molar-refractivity contribution < 1.29 is 30.0 Å². The second kappa shape index (κ2) is 13.1. The third-order valence-corrected chi connectivity index (χ3v) is 8.12. The van der Waals surface area contributed by atoms with Gasteiger partial charge in [0.1, 0.15) is 0 Å². The van der Waals surface area contributed by atoms with Gasteiger partial charge in [0, 0.05) is 55.6 Å². The van der Waals surface area contributed by atoms with Gasteiger partial charge in [0.15, 0.2) is 5.78 Å². The molecule has 0 saturated heterocycles. The molecule has 0 spiro atoms. The van der Waals surface area contributed by atoms with Crippen LogP contribution in [0.15, 0.2) is 54.4 Å². The van der Waals surface area contributed by atoms with Crippen LogP contribution >= 0.6 is 0 Å². The number of aryl methyl sites for hydroxylation is 1. The minimum Gasteiger partial charge on any atom is -0.512 e. The van der Waals surface area contributed by atoms with Gasteiger partial charge in [-0.05, 0) is 78.3 Å². The van der Waals surface area contributed by atoms with Crippen molar-refractivity contribution >= 4 is 27.5 Å². The van der Waals surface area contributed by atoms with Crippen LogP contribution in [0.3, 0.4) is 0 Å². The van der Waals surface area contributed by atoms with Crippen molar-refractivity contribution in [1.82, 2.24) is 15.0 Å². The van der Waals surface area contributed by atoms with Crippen molar-refractivity contribution in [2.24, 2.45) is 11.8 Å². The molecule has 0 unspecified atom stereocenters. The average Bonchev–Trinajstić information content (AvgIpc) is 2.92. The largest absolute Gasteiger partial charge is 0.512 e. The second-order valence-corrected chi connectivity index (χ2v) is 11.0. The van der Waals surface area contributed by atoms with Crippen LogP contribution in [0, 0.1) is 25.0 Å². The third-order valence-electron chi connectivity index (χ3n) is 8.12. The van der Waals surface area contributed by atoms with Crippen LogP contribution in [0.4, 0.5) is 0 Å². The van der Waals surface area contributed by atoms with Crippen molar-refractivity contribution in [3.05, 3.63) is 77.6 Å². The number of aliphatic hydroxyl groups excluding tert-OH is 1. The Morgan fingerprint density at radius 1 is 1.02 bits per heavy atom. The van der Waals surface area contributed by atoms with Gasteiger partial charge in [-0.25, -0.2) is 0 Å². The molecule has 0 atom stereocenters. The van der Waals surface area contributed by atoms with Crippen molar-refractivity contribution in [2.75, 3.05) is 0 Å². The Kier molecular flexibility index (Phi) is 10.4. The van der Waals surface area contributed by atoms with E-state index in [0.29, 0.717) is 0 Å². The third kappa shape index (κ3) is 5.89. The van der Waals surface area contributed by atoms with Crippen molar-refractivity contribution in [3.63, 3.8) is 0 Å². The summed E-state index contributed by atoms with van der Waals surface area (Å²) >= 11 is 0. The second-order valence-electron chi connectivity index (χ2n) is 11.0. The number of aromatic nitrogens is 3. The molecule has 5 rings (SSSR count). The molecule has 1 N–H and O–H groups in total. The molecule has 4 aromatic rings. The predicted molar refractivity (Wildman–Crippen MR) is 160 cm³/mol. The number of aliphatic hydroxyl groups is 1. The van der Waals surface area contributed by atoms with E-state index in [-0.39, 0.29) is 48.9 Å². The zero-order valence-corrected chi connectivity index (χ0v) is 27.0. The number of carbonyl (C=O) groups is 1. The van der Waals surface area contributed by atoms with Crippen LogP contribution in [0.2, 0.25) is 0 Å². The molecule has 1 aliphatic carbocycles. The molecule has 0 amide bonds. The summed E-state index contributed by atoms with van der Waals surface area (Å²) in [6.45, 7) is 14.6. The van der Waals surface area contributed by atoms with Gasteiger partial charge in [-0.2, -0.15) is 0 Å². The molecule has 40 heavy (non-hydrogen) atoms. The van der Waals surface area contributed by atoms with Gasteiger partial charge in [0.2, 0.25) is 0 Å². The molecule has 1 radical (unpaired) electrons. The number of hydrogen-bond donors (Lipinski definition) is 1. The number of allylic oxidation sites excluding steroid dienone is 2. The standard InChI is InChI=1S/C21H16N3.C13H24O2.Ir/c1-12-10-13-8-9-22-19-15-11-23-16-7-5-4-6-14(16)18(15)21(2,3)20(24-12)17(13)19;1-5-10(6-2)12(14)9-13(15)11(7-3)8-4;/h4-10H,1-3H3;9-11,14H,5-8H2,1-4H3;/q-1;;/b;12-9-;. The number of benzene rings is 1. The quantitative estimate of drug-likeness (QED) is 0.118. The molecule has 1 aliphatic rings. The van der Waals surface area contributed by atoms with E-state index in [4.69, 9.17) is 4.98 Å². The smallest absolute Gasteiger partial charge is 0.162 e. The van der Waals surface area contributed by atoms with Crippen molar-refractivity contribution in [1.29, 1.82) is 0 Å². The summed E-state index contributed by atoms with van der Waals surface area (Å²) in [5, 5.41) is 13.2. The van der Waals surface area contributed by atoms with Crippen molar-refractivity contribution in [2.45, 2.75) is 79.6 Å². The average molecular weight is 715 g/mol. The number of pyridine rings is 3. The molecule has 0 fully saturated rings. The van der Waals surface area contributed by atoms with E-state index in [1.807, 2.05) is 46.0 Å². The maximum absolute atomic E-state index is 11.7. The number of rotatable bonds is 7. The summed E-state index contributed by atoms with van der Waals surface area (Å²) in [6.07, 6.45) is 10.0. The van der Waals surface area contributed by atoms with Crippen LogP contribution in [-0.2, 0) is 30.3 Å². The zero-order chi connectivity index (χ0) is 28.3. The Labute approximate surface area is 251 Å². The first-order chi connectivity index (χ1) is 18.7. The molecule has 6 heteroatoms. The maximum Gasteiger partial charge on any atom is 0.162 e. The number of para-hydroxylation sites is 1. The summed E-state index contributed by atoms with van der Waals surface area (Å²) in [5.41, 5.74) is 6.04. The van der Waals surface area contributed by atoms with E-state index >= 15 is 0 Å². The SMILES string of the molecule is CCC(CC)C(=O)/C=C(\O)C(CC)CC.Cc1cc2ccnc3c2c(n1)C(C)(C)c1c-3[c-]nc2ccccc12.[Ir]. The van der Waals surface area contributed by atoms with E-state index in [0.717, 1.165) is 64.6 Å². The number of fused-ring (bicyclic) bond motifs is 4. The van der Waals surface area contributed by atoms with E-state index in [9.17, 15) is 9.90 Å². The summed E-state index contributed by atoms with van der Waals surface area (Å²) in [5.74, 6) is 0.547. The van der Waals surface area contributed by atoms with Crippen LogP contribution in [0.1, 0.15) is 84.2 Å². The molecule has 0 aliphatic heterocycles. The maximum atomic E-state index is 11.7. The van der Waals surface area contributed by atoms with Gasteiger partial charge >= 0.3 is 0 Å². The summed E-state index contributed by atoms with van der Waals surface area (Å²) in [6, 6.07) is 12.4. The monoisotopic (exact) mass is 715 g/mol. The topological polar surface area (TPSA) is 76.0 Å². The number of hydrogen-bond acceptors (Lipinski definition) is 5. The molecule has 0 bridgehead atoms. The molecule has 3 heterocycles. The summed E-state index contributed by atoms with van der Waals surface area (Å²) in [4.78, 5) is 25.9. The predicted octanol–water partition coefficient (Wildman–Crippen LogP) is 8.46. The van der Waals surface area contributed by atoms with Gasteiger partial charge in [0.25, 0.3) is 0 Å². The first-order valence-electron chi connectivity index (χ1n) is 14.2. The Morgan fingerprint density at radius 2 is 1.68 bits per heavy atom. The number of ketones is 1. The zero-order valence-electron chi connectivity index (χ0n) is 24.6. The number of carbonyl (C=O) groups excluding carboxylic acids is 1. The van der Waals surface area contributed by atoms with Crippen LogP contribution in [0.25, 0.3) is 32.9 Å². The molecular formula is C34H40IrN3O2-. The van der Waals surface area contributed by atoms with Crippen molar-refractivity contribution in [3.8, 4) is 11.3 Å². The van der Waals surface area contributed by atoms with Crippen LogP contribution in [-0.4, -0.2) is 25.8 Å². The minimum atomic E-state index is -0.228. The molecule has 213 valence electrons. The minimum absolute atomic E-state index is 0. The number of nitrogens with zero attached hydrogens (tertiary/aromatic N) is 3. The first kappa shape index (κ1) is 31.6. The first-order valence-corrected chi connectivity index (χ1v) is 14.2. The Morgan fingerprint density at radius 3 is 2.33 bits per heavy atom. The van der Waals surface area contributed by atoms with Gasteiger partial charge in [0.05, 0.1) is 5.76 Å². The van der Waals surface area contributed by atoms with E-state index in [1.54, 1.807) is 0 Å². The fourth-order valence-corrected chi connectivity index (χ4v) is 5.78. The van der Waals surface area contributed by atoms with Gasteiger partial charge in [-0.3, -0.25) is 9.78 Å². The molecule has 3 aromatic heterocycles. The normalized spacial score (nSPS) is 13.6. The fourth-order valence-electron chi connectivity index (χ4n) is 5.78. The van der Waals surface area contributed by atoms with Crippen LogP contribution in [0.5, 0.6) is 0 Å². The molecule has 5 nitrogen and oxygen atoms in total. The van der Waals surface area contributed by atoms with Gasteiger partial charge in [-0.15, -0.1) is 11.1 Å². The van der Waals surface area contributed by atoms with E-state index < -0.39 is 0 Å². The fraction of sp³-hybridized carbons (Fsp3) is 0.412. The Bertz CT molecular complexity index is 1540. The van der Waals surface area contributed by atoms with E-state index in [2.05, 4.69) is 61.2 Å². The van der Waals surface area contributed by atoms with Gasteiger partial charge in [-0.1, -0.05) is 71.2 Å². The summed E-state index contributed by atoms with van der Waals surface area (Å²) < 4.78 is 0. The van der Waals surface area contributed by atoms with E-state index in [1.165, 1.54) is 17.0 Å². The van der Waals surface area contributed by atoms with Gasteiger partial charge < -0.3 is 15.1 Å². The summed E-state index contributed by atoms with van der Waals surface area (Å²) in [7, 11) is 0.